The fourth-order valence-electron chi connectivity index (χ4n) is 2.44. The van der Waals surface area contributed by atoms with E-state index in [0.29, 0.717) is 19.6 Å². The van der Waals surface area contributed by atoms with Gasteiger partial charge >= 0.3 is 6.03 Å². The Hall–Kier alpha value is -1.82. The van der Waals surface area contributed by atoms with Crippen molar-refractivity contribution in [1.29, 1.82) is 0 Å². The van der Waals surface area contributed by atoms with Crippen LogP contribution in [0, 0.1) is 0 Å². The maximum Gasteiger partial charge on any atom is 0.317 e. The molecule has 6 heteroatoms. The summed E-state index contributed by atoms with van der Waals surface area (Å²) in [5.41, 5.74) is 1.000. The number of anilines is 1. The molecule has 2 rings (SSSR count). The number of amides is 2. The molecule has 1 aromatic rings. The average molecular weight is 292 g/mol. The van der Waals surface area contributed by atoms with Crippen LogP contribution in [0.1, 0.15) is 20.3 Å². The summed E-state index contributed by atoms with van der Waals surface area (Å²) >= 11 is 0. The predicted octanol–water partition coefficient (Wildman–Crippen LogP) is 1.70. The largest absolute Gasteiger partial charge is 0.384 e. The fraction of sp³-hybridized carbons (Fsp3) is 0.600. The zero-order chi connectivity index (χ0) is 15.1. The van der Waals surface area contributed by atoms with Gasteiger partial charge in [0.25, 0.3) is 0 Å². The molecule has 0 aliphatic carbocycles. The van der Waals surface area contributed by atoms with Crippen molar-refractivity contribution in [3.05, 3.63) is 24.5 Å². The van der Waals surface area contributed by atoms with Gasteiger partial charge in [-0.25, -0.2) is 4.79 Å². The lowest BCUT2D eigenvalue weighted by Crippen LogP contribution is -2.51. The molecule has 0 spiro atoms. The predicted molar refractivity (Wildman–Crippen MR) is 82.3 cm³/mol. The summed E-state index contributed by atoms with van der Waals surface area (Å²) in [7, 11) is 0. The van der Waals surface area contributed by atoms with Gasteiger partial charge in [0.1, 0.15) is 0 Å². The molecular formula is C15H24N4O2. The van der Waals surface area contributed by atoms with Gasteiger partial charge < -0.3 is 20.3 Å². The Labute approximate surface area is 125 Å². The van der Waals surface area contributed by atoms with Crippen molar-refractivity contribution in [3.63, 3.8) is 0 Å². The quantitative estimate of drug-likeness (QED) is 0.811. The topological polar surface area (TPSA) is 66.5 Å². The number of pyridine rings is 1. The molecule has 2 N–H and O–H groups in total. The van der Waals surface area contributed by atoms with Gasteiger partial charge in [-0.3, -0.25) is 4.98 Å². The molecule has 0 bridgehead atoms. The zero-order valence-corrected chi connectivity index (χ0v) is 12.7. The molecule has 1 aliphatic rings. The van der Waals surface area contributed by atoms with Crippen LogP contribution in [0.25, 0.3) is 0 Å². The summed E-state index contributed by atoms with van der Waals surface area (Å²) in [6, 6.07) is 3.87. The van der Waals surface area contributed by atoms with Crippen molar-refractivity contribution >= 4 is 11.7 Å². The van der Waals surface area contributed by atoms with Gasteiger partial charge in [0.2, 0.25) is 0 Å². The minimum Gasteiger partial charge on any atom is -0.384 e. The summed E-state index contributed by atoms with van der Waals surface area (Å²) in [6.45, 7) is 6.77. The summed E-state index contributed by atoms with van der Waals surface area (Å²) < 4.78 is 5.62. The molecule has 21 heavy (non-hydrogen) atoms. The van der Waals surface area contributed by atoms with E-state index in [1.165, 1.54) is 0 Å². The van der Waals surface area contributed by atoms with Crippen LogP contribution in [0.3, 0.4) is 0 Å². The number of carbonyl (C=O) groups excluding carboxylic acids is 1. The van der Waals surface area contributed by atoms with Crippen molar-refractivity contribution in [1.82, 2.24) is 15.2 Å². The van der Waals surface area contributed by atoms with Crippen molar-refractivity contribution in [3.8, 4) is 0 Å². The Morgan fingerprint density at radius 1 is 1.38 bits per heavy atom. The molecule has 0 unspecified atom stereocenters. The molecule has 6 nitrogen and oxygen atoms in total. The number of nitrogens with zero attached hydrogens (tertiary/aromatic N) is 2. The van der Waals surface area contributed by atoms with E-state index < -0.39 is 0 Å². The van der Waals surface area contributed by atoms with Crippen LogP contribution in [0.4, 0.5) is 10.5 Å². The second kappa shape index (κ2) is 7.83. The van der Waals surface area contributed by atoms with Crippen molar-refractivity contribution in [2.24, 2.45) is 0 Å². The van der Waals surface area contributed by atoms with Gasteiger partial charge in [-0.15, -0.1) is 0 Å². The number of urea groups is 1. The lowest BCUT2D eigenvalue weighted by molar-refractivity contribution is -0.0544. The number of hydrogen-bond donors (Lipinski definition) is 2. The van der Waals surface area contributed by atoms with Gasteiger partial charge in [0.15, 0.2) is 0 Å². The highest BCUT2D eigenvalue weighted by Crippen LogP contribution is 2.10. The Kier molecular flexibility index (Phi) is 5.80. The van der Waals surface area contributed by atoms with Crippen molar-refractivity contribution in [2.75, 3.05) is 31.5 Å². The van der Waals surface area contributed by atoms with Crippen molar-refractivity contribution < 1.29 is 9.53 Å². The second-order valence-corrected chi connectivity index (χ2v) is 5.42. The Morgan fingerprint density at radius 3 is 2.81 bits per heavy atom. The smallest absolute Gasteiger partial charge is 0.317 e. The molecule has 1 saturated heterocycles. The number of aromatic nitrogens is 1. The third-order valence-electron chi connectivity index (χ3n) is 3.33. The number of carbonyl (C=O) groups is 1. The van der Waals surface area contributed by atoms with E-state index in [9.17, 15) is 4.79 Å². The standard InChI is InChI=1S/C15H24N4O2/c1-12-10-19(11-13(2)21-12)15(20)18-8-4-7-17-14-5-3-6-16-9-14/h3,5-6,9,12-13,17H,4,7-8,10-11H2,1-2H3,(H,18,20)/t12-,13+. The Morgan fingerprint density at radius 2 is 2.14 bits per heavy atom. The first kappa shape index (κ1) is 15.6. The van der Waals surface area contributed by atoms with E-state index in [1.54, 1.807) is 12.4 Å². The highest BCUT2D eigenvalue weighted by atomic mass is 16.5. The third-order valence-corrected chi connectivity index (χ3v) is 3.33. The molecule has 2 amide bonds. The zero-order valence-electron chi connectivity index (χ0n) is 12.7. The normalized spacial score (nSPS) is 21.9. The number of hydrogen-bond acceptors (Lipinski definition) is 4. The van der Waals surface area contributed by atoms with Gasteiger partial charge in [-0.05, 0) is 32.4 Å². The number of morpholine rings is 1. The van der Waals surface area contributed by atoms with Crippen LogP contribution in [-0.2, 0) is 4.74 Å². The second-order valence-electron chi connectivity index (χ2n) is 5.42. The molecule has 116 valence electrons. The fourth-order valence-corrected chi connectivity index (χ4v) is 2.44. The van der Waals surface area contributed by atoms with E-state index in [1.807, 2.05) is 30.9 Å². The molecule has 0 radical (unpaired) electrons. The first-order chi connectivity index (χ1) is 10.1. The lowest BCUT2D eigenvalue weighted by Gasteiger charge is -2.35. The number of ether oxygens (including phenoxy) is 1. The van der Waals surface area contributed by atoms with Crippen LogP contribution in [0.5, 0.6) is 0 Å². The monoisotopic (exact) mass is 292 g/mol. The summed E-state index contributed by atoms with van der Waals surface area (Å²) in [5, 5.41) is 6.22. The third kappa shape index (κ3) is 5.23. The van der Waals surface area contributed by atoms with E-state index in [4.69, 9.17) is 4.74 Å². The van der Waals surface area contributed by atoms with Crippen LogP contribution in [0.2, 0.25) is 0 Å². The average Bonchev–Trinajstić information content (AvgIpc) is 2.47. The Balaban J connectivity index is 1.61. The molecule has 2 atom stereocenters. The maximum absolute atomic E-state index is 12.1. The number of rotatable bonds is 5. The minimum atomic E-state index is -0.00150. The SMILES string of the molecule is C[C@@H]1CN(C(=O)NCCCNc2cccnc2)C[C@H](C)O1. The van der Waals surface area contributed by atoms with Gasteiger partial charge in [0.05, 0.1) is 17.9 Å². The van der Waals surface area contributed by atoms with Gasteiger partial charge in [-0.1, -0.05) is 0 Å². The van der Waals surface area contributed by atoms with E-state index in [-0.39, 0.29) is 18.2 Å². The molecule has 1 fully saturated rings. The van der Waals surface area contributed by atoms with E-state index >= 15 is 0 Å². The Bertz CT molecular complexity index is 431. The molecule has 1 aromatic heterocycles. The first-order valence-electron chi connectivity index (χ1n) is 7.47. The summed E-state index contributed by atoms with van der Waals surface area (Å²) in [6.07, 6.45) is 4.61. The van der Waals surface area contributed by atoms with Gasteiger partial charge in [-0.2, -0.15) is 0 Å². The highest BCUT2D eigenvalue weighted by molar-refractivity contribution is 5.74. The summed E-state index contributed by atoms with van der Waals surface area (Å²) in [4.78, 5) is 17.9. The first-order valence-corrected chi connectivity index (χ1v) is 7.47. The molecule has 1 aliphatic heterocycles. The molecule has 2 heterocycles. The van der Waals surface area contributed by atoms with Crippen LogP contribution in [-0.4, -0.2) is 54.3 Å². The van der Waals surface area contributed by atoms with Crippen LogP contribution < -0.4 is 10.6 Å². The molecule has 0 saturated carbocycles. The maximum atomic E-state index is 12.1. The van der Waals surface area contributed by atoms with Crippen LogP contribution in [0.15, 0.2) is 24.5 Å². The molecule has 0 aromatic carbocycles. The van der Waals surface area contributed by atoms with Crippen LogP contribution >= 0.6 is 0 Å². The number of nitrogens with one attached hydrogen (secondary N) is 2. The van der Waals surface area contributed by atoms with E-state index in [2.05, 4.69) is 15.6 Å². The summed E-state index contributed by atoms with van der Waals surface area (Å²) in [5.74, 6) is 0. The molecular weight excluding hydrogens is 268 g/mol. The minimum absolute atomic E-state index is 0.00150. The lowest BCUT2D eigenvalue weighted by atomic mass is 10.2. The van der Waals surface area contributed by atoms with Crippen molar-refractivity contribution in [2.45, 2.75) is 32.5 Å². The van der Waals surface area contributed by atoms with E-state index in [0.717, 1.165) is 18.7 Å². The van der Waals surface area contributed by atoms with Gasteiger partial charge in [0, 0.05) is 38.6 Å². The highest BCUT2D eigenvalue weighted by Gasteiger charge is 2.25.